The van der Waals surface area contributed by atoms with E-state index in [0.29, 0.717) is 5.75 Å². The Hall–Kier alpha value is -1.39. The Morgan fingerprint density at radius 2 is 2.25 bits per heavy atom. The average molecular weight is 235 g/mol. The Kier molecular flexibility index (Phi) is 3.22. The summed E-state index contributed by atoms with van der Waals surface area (Å²) in [6.07, 6.45) is 1.01. The van der Waals surface area contributed by atoms with Crippen molar-refractivity contribution in [3.63, 3.8) is 0 Å². The largest absolute Gasteiger partial charge is 0.496 e. The highest BCUT2D eigenvalue weighted by molar-refractivity contribution is 7.09. The number of nitrogens with zero attached hydrogens (tertiary/aromatic N) is 1. The number of hydrogen-bond acceptors (Lipinski definition) is 4. The molecule has 16 heavy (non-hydrogen) atoms. The third-order valence-electron chi connectivity index (χ3n) is 2.40. The first-order valence-electron chi connectivity index (χ1n) is 4.93. The van der Waals surface area contributed by atoms with Gasteiger partial charge in [-0.05, 0) is 19.1 Å². The number of aryl methyl sites for hydroxylation is 1. The third kappa shape index (κ3) is 2.08. The molecule has 84 valence electrons. The van der Waals surface area contributed by atoms with Crippen molar-refractivity contribution in [3.05, 3.63) is 45.9 Å². The summed E-state index contributed by atoms with van der Waals surface area (Å²) < 4.78 is 5.24. The van der Waals surface area contributed by atoms with Gasteiger partial charge in [0, 0.05) is 11.8 Å². The first-order valence-corrected chi connectivity index (χ1v) is 5.81. The molecule has 1 aromatic heterocycles. The van der Waals surface area contributed by atoms with Crippen LogP contribution < -0.4 is 4.74 Å². The summed E-state index contributed by atoms with van der Waals surface area (Å²) in [5.41, 5.74) is 3.59. The minimum absolute atomic E-state index is 0.664. The summed E-state index contributed by atoms with van der Waals surface area (Å²) >= 11 is 1.43. The Labute approximate surface area is 98.4 Å². The predicted octanol–water partition coefficient (Wildman–Crippen LogP) is 2.54. The van der Waals surface area contributed by atoms with E-state index in [0.717, 1.165) is 16.0 Å². The van der Waals surface area contributed by atoms with Crippen LogP contribution in [0.1, 0.15) is 22.1 Å². The number of hydrogen-bond donors (Lipinski definition) is 1. The first kappa shape index (κ1) is 11.1. The van der Waals surface area contributed by atoms with Crippen LogP contribution in [0.5, 0.6) is 5.75 Å². The zero-order valence-electron chi connectivity index (χ0n) is 9.18. The van der Waals surface area contributed by atoms with Gasteiger partial charge in [-0.1, -0.05) is 11.6 Å². The van der Waals surface area contributed by atoms with Crippen LogP contribution in [-0.4, -0.2) is 17.2 Å². The highest BCUT2D eigenvalue weighted by atomic mass is 32.1. The van der Waals surface area contributed by atoms with E-state index in [9.17, 15) is 5.11 Å². The maximum absolute atomic E-state index is 10.2. The zero-order valence-corrected chi connectivity index (χ0v) is 9.99. The molecule has 0 saturated heterocycles. The fourth-order valence-corrected chi connectivity index (χ4v) is 2.20. The fraction of sp³-hybridized carbons (Fsp3) is 0.250. The Balaban J connectivity index is 2.42. The number of ether oxygens (including phenoxy) is 1. The Morgan fingerprint density at radius 1 is 1.44 bits per heavy atom. The molecule has 0 saturated carbocycles. The van der Waals surface area contributed by atoms with Crippen LogP contribution in [0.2, 0.25) is 0 Å². The van der Waals surface area contributed by atoms with Crippen LogP contribution in [0.4, 0.5) is 0 Å². The maximum Gasteiger partial charge on any atom is 0.125 e. The van der Waals surface area contributed by atoms with Gasteiger partial charge in [0.05, 0.1) is 17.5 Å². The molecule has 0 amide bonds. The van der Waals surface area contributed by atoms with E-state index in [1.807, 2.05) is 25.1 Å². The minimum atomic E-state index is -0.664. The summed E-state index contributed by atoms with van der Waals surface area (Å²) in [5, 5.41) is 10.2. The van der Waals surface area contributed by atoms with Crippen molar-refractivity contribution in [1.29, 1.82) is 0 Å². The van der Waals surface area contributed by atoms with Gasteiger partial charge in [-0.25, -0.2) is 0 Å². The number of thiazole rings is 1. The first-order chi connectivity index (χ1) is 7.72. The smallest absolute Gasteiger partial charge is 0.125 e. The molecule has 0 fully saturated rings. The molecule has 0 aliphatic carbocycles. The standard InChI is InChI=1S/C12H13NO2S/c1-8-3-4-10(15-2)9(5-8)12(14)11-6-13-7-16-11/h3-7,12,14H,1-2H3. The molecular formula is C12H13NO2S. The fourth-order valence-electron chi connectivity index (χ4n) is 1.58. The van der Waals surface area contributed by atoms with Gasteiger partial charge >= 0.3 is 0 Å². The van der Waals surface area contributed by atoms with Crippen molar-refractivity contribution in [2.45, 2.75) is 13.0 Å². The lowest BCUT2D eigenvalue weighted by atomic mass is 10.0. The molecule has 1 aromatic carbocycles. The summed E-state index contributed by atoms with van der Waals surface area (Å²) in [4.78, 5) is 4.79. The molecule has 2 aromatic rings. The van der Waals surface area contributed by atoms with E-state index < -0.39 is 6.10 Å². The number of aromatic nitrogens is 1. The third-order valence-corrected chi connectivity index (χ3v) is 3.23. The van der Waals surface area contributed by atoms with Crippen LogP contribution in [0.3, 0.4) is 0 Å². The molecule has 3 nitrogen and oxygen atoms in total. The lowest BCUT2D eigenvalue weighted by molar-refractivity contribution is 0.218. The van der Waals surface area contributed by atoms with Gasteiger partial charge in [0.2, 0.25) is 0 Å². The Bertz CT molecular complexity index is 468. The van der Waals surface area contributed by atoms with Crippen LogP contribution in [-0.2, 0) is 0 Å². The van der Waals surface area contributed by atoms with Gasteiger partial charge in [0.25, 0.3) is 0 Å². The monoisotopic (exact) mass is 235 g/mol. The number of aliphatic hydroxyl groups excluding tert-OH is 1. The zero-order chi connectivity index (χ0) is 11.5. The van der Waals surface area contributed by atoms with Crippen LogP contribution in [0, 0.1) is 6.92 Å². The molecule has 1 unspecified atom stereocenters. The topological polar surface area (TPSA) is 42.4 Å². The average Bonchev–Trinajstić information content (AvgIpc) is 2.81. The van der Waals surface area contributed by atoms with E-state index >= 15 is 0 Å². The molecule has 1 N–H and O–H groups in total. The molecule has 0 aliphatic heterocycles. The second kappa shape index (κ2) is 4.63. The van der Waals surface area contributed by atoms with Gasteiger partial charge < -0.3 is 9.84 Å². The number of rotatable bonds is 3. The number of benzene rings is 1. The summed E-state index contributed by atoms with van der Waals surface area (Å²) in [5.74, 6) is 0.700. The summed E-state index contributed by atoms with van der Waals surface area (Å²) in [6, 6.07) is 5.76. The molecule has 0 spiro atoms. The van der Waals surface area contributed by atoms with Crippen LogP contribution in [0.25, 0.3) is 0 Å². The van der Waals surface area contributed by atoms with Crippen molar-refractivity contribution in [2.24, 2.45) is 0 Å². The second-order valence-electron chi connectivity index (χ2n) is 3.55. The maximum atomic E-state index is 10.2. The van der Waals surface area contributed by atoms with Gasteiger partial charge in [-0.15, -0.1) is 11.3 Å². The van der Waals surface area contributed by atoms with Gasteiger partial charge in [0.1, 0.15) is 11.9 Å². The van der Waals surface area contributed by atoms with E-state index in [1.54, 1.807) is 18.8 Å². The van der Waals surface area contributed by atoms with Gasteiger partial charge in [0.15, 0.2) is 0 Å². The van der Waals surface area contributed by atoms with Crippen molar-refractivity contribution in [2.75, 3.05) is 7.11 Å². The lowest BCUT2D eigenvalue weighted by Crippen LogP contribution is -2.01. The highest BCUT2D eigenvalue weighted by Crippen LogP contribution is 2.32. The lowest BCUT2D eigenvalue weighted by Gasteiger charge is -2.13. The molecular weight excluding hydrogens is 222 g/mol. The van der Waals surface area contributed by atoms with Crippen molar-refractivity contribution < 1.29 is 9.84 Å². The second-order valence-corrected chi connectivity index (χ2v) is 4.47. The number of methoxy groups -OCH3 is 1. The minimum Gasteiger partial charge on any atom is -0.496 e. The van der Waals surface area contributed by atoms with E-state index in [1.165, 1.54) is 11.3 Å². The van der Waals surface area contributed by atoms with Gasteiger partial charge in [-0.3, -0.25) is 4.98 Å². The Morgan fingerprint density at radius 3 is 2.88 bits per heavy atom. The molecule has 0 bridgehead atoms. The summed E-state index contributed by atoms with van der Waals surface area (Å²) in [6.45, 7) is 1.99. The molecule has 1 heterocycles. The van der Waals surface area contributed by atoms with Gasteiger partial charge in [-0.2, -0.15) is 0 Å². The van der Waals surface area contributed by atoms with E-state index in [4.69, 9.17) is 4.74 Å². The van der Waals surface area contributed by atoms with E-state index in [-0.39, 0.29) is 0 Å². The highest BCUT2D eigenvalue weighted by Gasteiger charge is 2.16. The SMILES string of the molecule is COc1ccc(C)cc1C(O)c1cncs1. The van der Waals surface area contributed by atoms with Crippen LogP contribution in [0.15, 0.2) is 29.9 Å². The predicted molar refractivity (Wildman–Crippen MR) is 63.9 cm³/mol. The van der Waals surface area contributed by atoms with Crippen molar-refractivity contribution in [3.8, 4) is 5.75 Å². The normalized spacial score (nSPS) is 12.4. The molecule has 0 aliphatic rings. The van der Waals surface area contributed by atoms with E-state index in [2.05, 4.69) is 4.98 Å². The molecule has 2 rings (SSSR count). The molecule has 0 radical (unpaired) electrons. The van der Waals surface area contributed by atoms with Crippen molar-refractivity contribution in [1.82, 2.24) is 4.98 Å². The summed E-state index contributed by atoms with van der Waals surface area (Å²) in [7, 11) is 1.60. The van der Waals surface area contributed by atoms with Crippen LogP contribution >= 0.6 is 11.3 Å². The molecule has 1 atom stereocenters. The van der Waals surface area contributed by atoms with Crippen molar-refractivity contribution >= 4 is 11.3 Å². The number of aliphatic hydroxyl groups is 1. The molecule has 4 heteroatoms. The quantitative estimate of drug-likeness (QED) is 0.889.